The molecular formula is C25H21NO3S2. The SMILES string of the molecule is Cc1ccc(S(=O)Nc2ccc(SCc3ccc4ccccc4c3)cc2)cc1C(=O)O. The summed E-state index contributed by atoms with van der Waals surface area (Å²) in [6.45, 7) is 1.72. The molecule has 0 spiro atoms. The zero-order valence-electron chi connectivity index (χ0n) is 16.9. The van der Waals surface area contributed by atoms with E-state index in [2.05, 4.69) is 35.1 Å². The van der Waals surface area contributed by atoms with Crippen LogP contribution in [0.2, 0.25) is 0 Å². The monoisotopic (exact) mass is 447 g/mol. The number of carboxylic acids is 1. The molecule has 4 aromatic carbocycles. The fraction of sp³-hybridized carbons (Fsp3) is 0.0800. The summed E-state index contributed by atoms with van der Waals surface area (Å²) in [4.78, 5) is 12.8. The van der Waals surface area contributed by atoms with Crippen LogP contribution >= 0.6 is 11.8 Å². The summed E-state index contributed by atoms with van der Waals surface area (Å²) in [6, 6.07) is 27.4. The molecule has 0 aromatic heterocycles. The average molecular weight is 448 g/mol. The van der Waals surface area contributed by atoms with E-state index in [0.29, 0.717) is 16.1 Å². The van der Waals surface area contributed by atoms with Gasteiger partial charge in [0.15, 0.2) is 0 Å². The standard InChI is InChI=1S/C25H21NO3S2/c1-17-6-13-23(15-24(17)25(27)28)31(29)26-21-9-11-22(12-10-21)30-16-18-7-8-19-4-2-3-5-20(19)14-18/h2-15,26H,16H2,1H3,(H,27,28). The Kier molecular flexibility index (Phi) is 6.39. The number of hydrogen-bond donors (Lipinski definition) is 2. The summed E-state index contributed by atoms with van der Waals surface area (Å²) in [6.07, 6.45) is 0. The highest BCUT2D eigenvalue weighted by molar-refractivity contribution is 7.98. The van der Waals surface area contributed by atoms with Gasteiger partial charge < -0.3 is 9.83 Å². The van der Waals surface area contributed by atoms with Gasteiger partial charge in [-0.1, -0.05) is 48.5 Å². The highest BCUT2D eigenvalue weighted by Crippen LogP contribution is 2.26. The first kappa shape index (κ1) is 21.2. The molecule has 6 heteroatoms. The summed E-state index contributed by atoms with van der Waals surface area (Å²) in [5.41, 5.74) is 2.78. The van der Waals surface area contributed by atoms with Crippen molar-refractivity contribution in [1.82, 2.24) is 0 Å². The van der Waals surface area contributed by atoms with Crippen molar-refractivity contribution in [3.8, 4) is 0 Å². The quantitative estimate of drug-likeness (QED) is 0.328. The molecule has 4 rings (SSSR count). The second-order valence-corrected chi connectivity index (χ2v) is 9.41. The molecule has 1 atom stereocenters. The Morgan fingerprint density at radius 1 is 0.935 bits per heavy atom. The minimum absolute atomic E-state index is 0.160. The van der Waals surface area contributed by atoms with Gasteiger partial charge in [0.2, 0.25) is 0 Å². The van der Waals surface area contributed by atoms with Gasteiger partial charge in [0.25, 0.3) is 0 Å². The number of carboxylic acid groups (broad SMARTS) is 1. The van der Waals surface area contributed by atoms with Gasteiger partial charge in [-0.2, -0.15) is 0 Å². The molecule has 4 nitrogen and oxygen atoms in total. The highest BCUT2D eigenvalue weighted by Gasteiger charge is 2.12. The van der Waals surface area contributed by atoms with Crippen molar-refractivity contribution in [2.75, 3.05) is 4.72 Å². The Hall–Kier alpha value is -3.09. The third-order valence-corrected chi connectivity index (χ3v) is 7.12. The van der Waals surface area contributed by atoms with Crippen LogP contribution in [0, 0.1) is 6.92 Å². The predicted octanol–water partition coefficient (Wildman–Crippen LogP) is 6.27. The van der Waals surface area contributed by atoms with Crippen molar-refractivity contribution in [2.24, 2.45) is 0 Å². The van der Waals surface area contributed by atoms with Gasteiger partial charge >= 0.3 is 5.97 Å². The molecule has 0 saturated heterocycles. The fourth-order valence-corrected chi connectivity index (χ4v) is 4.95. The Morgan fingerprint density at radius 3 is 2.42 bits per heavy atom. The molecule has 2 N–H and O–H groups in total. The smallest absolute Gasteiger partial charge is 0.335 e. The van der Waals surface area contributed by atoms with Crippen LogP contribution in [0.1, 0.15) is 21.5 Å². The summed E-state index contributed by atoms with van der Waals surface area (Å²) in [7, 11) is -1.54. The van der Waals surface area contributed by atoms with E-state index in [4.69, 9.17) is 0 Å². The number of fused-ring (bicyclic) bond motifs is 1. The Bertz CT molecular complexity index is 1270. The van der Waals surface area contributed by atoms with E-state index >= 15 is 0 Å². The molecule has 0 radical (unpaired) electrons. The van der Waals surface area contributed by atoms with Gasteiger partial charge in [0.05, 0.1) is 10.5 Å². The van der Waals surface area contributed by atoms with Crippen molar-refractivity contribution in [3.05, 3.63) is 102 Å². The molecule has 0 aliphatic carbocycles. The molecule has 156 valence electrons. The number of anilines is 1. The molecule has 0 fully saturated rings. The van der Waals surface area contributed by atoms with Crippen molar-refractivity contribution in [2.45, 2.75) is 22.5 Å². The van der Waals surface area contributed by atoms with E-state index in [1.54, 1.807) is 30.8 Å². The molecule has 0 aliphatic heterocycles. The van der Waals surface area contributed by atoms with Crippen LogP contribution in [-0.4, -0.2) is 15.3 Å². The Morgan fingerprint density at radius 2 is 1.68 bits per heavy atom. The maximum Gasteiger partial charge on any atom is 0.335 e. The number of rotatable bonds is 7. The molecule has 0 bridgehead atoms. The van der Waals surface area contributed by atoms with Crippen molar-refractivity contribution < 1.29 is 14.1 Å². The summed E-state index contributed by atoms with van der Waals surface area (Å²) in [5.74, 6) is -0.158. The van der Waals surface area contributed by atoms with Gasteiger partial charge in [-0.25, -0.2) is 9.00 Å². The van der Waals surface area contributed by atoms with Crippen LogP contribution in [0.15, 0.2) is 94.7 Å². The lowest BCUT2D eigenvalue weighted by atomic mass is 10.1. The van der Waals surface area contributed by atoms with E-state index < -0.39 is 17.0 Å². The number of nitrogens with one attached hydrogen (secondary N) is 1. The van der Waals surface area contributed by atoms with Gasteiger partial charge in [0, 0.05) is 16.3 Å². The summed E-state index contributed by atoms with van der Waals surface area (Å²) >= 11 is 1.74. The topological polar surface area (TPSA) is 66.4 Å². The maximum absolute atomic E-state index is 12.6. The highest BCUT2D eigenvalue weighted by atomic mass is 32.2. The first-order valence-electron chi connectivity index (χ1n) is 9.72. The fourth-order valence-electron chi connectivity index (χ4n) is 3.23. The van der Waals surface area contributed by atoms with Gasteiger partial charge in [-0.15, -0.1) is 11.8 Å². The number of benzene rings is 4. The largest absolute Gasteiger partial charge is 0.478 e. The van der Waals surface area contributed by atoms with Crippen molar-refractivity contribution in [3.63, 3.8) is 0 Å². The number of aromatic carboxylic acids is 1. The molecule has 31 heavy (non-hydrogen) atoms. The van der Waals surface area contributed by atoms with Crippen LogP contribution in [0.4, 0.5) is 5.69 Å². The molecule has 4 aromatic rings. The second kappa shape index (κ2) is 9.37. The lowest BCUT2D eigenvalue weighted by Gasteiger charge is -2.09. The first-order valence-corrected chi connectivity index (χ1v) is 11.9. The molecular weight excluding hydrogens is 426 g/mol. The van der Waals surface area contributed by atoms with Crippen LogP contribution in [0.25, 0.3) is 10.8 Å². The number of thioether (sulfide) groups is 1. The van der Waals surface area contributed by atoms with E-state index in [1.807, 2.05) is 36.4 Å². The lowest BCUT2D eigenvalue weighted by Crippen LogP contribution is -2.07. The van der Waals surface area contributed by atoms with E-state index in [-0.39, 0.29) is 5.56 Å². The van der Waals surface area contributed by atoms with Crippen LogP contribution in [0.3, 0.4) is 0 Å². The van der Waals surface area contributed by atoms with E-state index in [1.165, 1.54) is 22.4 Å². The molecule has 0 aliphatic rings. The predicted molar refractivity (Wildman–Crippen MR) is 128 cm³/mol. The zero-order chi connectivity index (χ0) is 21.8. The van der Waals surface area contributed by atoms with Crippen molar-refractivity contribution in [1.29, 1.82) is 0 Å². The Balaban J connectivity index is 1.39. The first-order chi connectivity index (χ1) is 15.0. The maximum atomic E-state index is 12.6. The zero-order valence-corrected chi connectivity index (χ0v) is 18.5. The minimum Gasteiger partial charge on any atom is -0.478 e. The van der Waals surface area contributed by atoms with Gasteiger partial charge in [-0.05, 0) is 65.2 Å². The van der Waals surface area contributed by atoms with Gasteiger partial charge in [0.1, 0.15) is 11.0 Å². The Labute approximate surface area is 187 Å². The number of hydrogen-bond acceptors (Lipinski definition) is 3. The van der Waals surface area contributed by atoms with E-state index in [0.717, 1.165) is 10.6 Å². The van der Waals surface area contributed by atoms with Crippen LogP contribution in [-0.2, 0) is 16.7 Å². The molecule has 1 unspecified atom stereocenters. The molecule has 0 saturated carbocycles. The van der Waals surface area contributed by atoms with E-state index in [9.17, 15) is 14.1 Å². The summed E-state index contributed by atoms with van der Waals surface area (Å²) in [5, 5.41) is 11.7. The van der Waals surface area contributed by atoms with Crippen LogP contribution in [0.5, 0.6) is 0 Å². The second-order valence-electron chi connectivity index (χ2n) is 7.15. The number of aryl methyl sites for hydroxylation is 1. The average Bonchev–Trinajstić information content (AvgIpc) is 2.78. The molecule has 0 amide bonds. The van der Waals surface area contributed by atoms with Gasteiger partial charge in [-0.3, -0.25) is 0 Å². The van der Waals surface area contributed by atoms with Crippen molar-refractivity contribution >= 4 is 45.2 Å². The normalized spacial score (nSPS) is 11.9. The van der Waals surface area contributed by atoms with Crippen LogP contribution < -0.4 is 4.72 Å². The molecule has 0 heterocycles. The third kappa shape index (κ3) is 5.16. The minimum atomic E-state index is -1.54. The third-order valence-electron chi connectivity index (χ3n) is 4.94. The number of carbonyl (C=O) groups is 1. The summed E-state index contributed by atoms with van der Waals surface area (Å²) < 4.78 is 15.5. The lowest BCUT2D eigenvalue weighted by molar-refractivity contribution is 0.0696.